The van der Waals surface area contributed by atoms with Gasteiger partial charge in [-0.3, -0.25) is 14.6 Å². The molecule has 2 atom stereocenters. The molecule has 2 aromatic rings. The second-order valence-electron chi connectivity index (χ2n) is 5.15. The highest BCUT2D eigenvalue weighted by Crippen LogP contribution is 2.30. The minimum absolute atomic E-state index is 0.111. The molecule has 1 aromatic carbocycles. The van der Waals surface area contributed by atoms with Gasteiger partial charge in [0, 0.05) is 13.5 Å². The number of rotatable bonds is 2. The third-order valence-electron chi connectivity index (χ3n) is 3.68. The second-order valence-corrected chi connectivity index (χ2v) is 6.15. The molecule has 0 radical (unpaired) electrons. The summed E-state index contributed by atoms with van der Waals surface area (Å²) in [5.41, 5.74) is 0.770. The fraction of sp³-hybridized carbons (Fsp3) is 0.357. The van der Waals surface area contributed by atoms with Crippen molar-refractivity contribution < 1.29 is 19.1 Å². The maximum absolute atomic E-state index is 13.5. The van der Waals surface area contributed by atoms with Crippen LogP contribution in [0.4, 0.5) is 14.3 Å². The van der Waals surface area contributed by atoms with E-state index in [0.29, 0.717) is 5.13 Å². The van der Waals surface area contributed by atoms with Crippen LogP contribution in [0.1, 0.15) is 6.42 Å². The summed E-state index contributed by atoms with van der Waals surface area (Å²) in [6.07, 6.45) is -2.70. The van der Waals surface area contributed by atoms with E-state index in [0.717, 1.165) is 15.1 Å². The third kappa shape index (κ3) is 2.50. The van der Waals surface area contributed by atoms with Crippen molar-refractivity contribution in [3.63, 3.8) is 0 Å². The number of hydrogen-bond donors (Lipinski definition) is 1. The van der Waals surface area contributed by atoms with Crippen LogP contribution < -0.4 is 4.90 Å². The topological polar surface area (TPSA) is 73.7 Å². The summed E-state index contributed by atoms with van der Waals surface area (Å²) >= 11 is 1.34. The highest BCUT2D eigenvalue weighted by Gasteiger charge is 2.41. The van der Waals surface area contributed by atoms with E-state index in [9.17, 15) is 14.0 Å². The highest BCUT2D eigenvalue weighted by atomic mass is 32.1. The Kier molecular flexibility index (Phi) is 3.69. The molecule has 2 heterocycles. The second kappa shape index (κ2) is 5.53. The number of halogens is 1. The number of carbonyl (C=O) groups is 2. The molecular weight excluding hydrogens is 309 g/mol. The zero-order valence-corrected chi connectivity index (χ0v) is 12.6. The first kappa shape index (κ1) is 14.7. The van der Waals surface area contributed by atoms with E-state index < -0.39 is 24.2 Å². The Balaban J connectivity index is 1.86. The number of alkyl halides is 1. The van der Waals surface area contributed by atoms with Crippen molar-refractivity contribution >= 4 is 38.7 Å². The molecule has 1 N–H and O–H groups in total. The number of para-hydroxylation sites is 1. The van der Waals surface area contributed by atoms with Crippen LogP contribution in [-0.2, 0) is 4.79 Å². The van der Waals surface area contributed by atoms with Crippen molar-refractivity contribution in [2.45, 2.75) is 18.6 Å². The number of carboxylic acid groups (broad SMARTS) is 1. The van der Waals surface area contributed by atoms with Crippen molar-refractivity contribution in [2.24, 2.45) is 0 Å². The number of likely N-dealkylation sites (N-methyl/N-ethyl adjacent to an activating group) is 1. The van der Waals surface area contributed by atoms with Crippen molar-refractivity contribution in [2.75, 3.05) is 18.5 Å². The Morgan fingerprint density at radius 2 is 2.18 bits per heavy atom. The minimum Gasteiger partial charge on any atom is -0.465 e. The highest BCUT2D eigenvalue weighted by molar-refractivity contribution is 7.22. The molecule has 0 saturated carbocycles. The fourth-order valence-electron chi connectivity index (χ4n) is 2.55. The van der Waals surface area contributed by atoms with Crippen LogP contribution in [0.5, 0.6) is 0 Å². The normalized spacial score (nSPS) is 21.3. The lowest BCUT2D eigenvalue weighted by atomic mass is 10.2. The Bertz CT molecular complexity index is 702. The zero-order chi connectivity index (χ0) is 15.9. The molecule has 8 heteroatoms. The number of carbonyl (C=O) groups excluding carboxylic acids is 1. The van der Waals surface area contributed by atoms with Gasteiger partial charge < -0.3 is 5.11 Å². The number of fused-ring (bicyclic) bond motifs is 1. The number of hydrogen-bond acceptors (Lipinski definition) is 4. The van der Waals surface area contributed by atoms with Gasteiger partial charge in [-0.2, -0.15) is 0 Å². The zero-order valence-electron chi connectivity index (χ0n) is 11.8. The summed E-state index contributed by atoms with van der Waals surface area (Å²) < 4.78 is 14.4. The summed E-state index contributed by atoms with van der Waals surface area (Å²) in [4.78, 5) is 30.2. The molecule has 0 spiro atoms. The van der Waals surface area contributed by atoms with Crippen LogP contribution in [0, 0.1) is 0 Å². The van der Waals surface area contributed by atoms with Crippen LogP contribution in [0.2, 0.25) is 0 Å². The lowest BCUT2D eigenvalue weighted by Gasteiger charge is -2.24. The van der Waals surface area contributed by atoms with Gasteiger partial charge in [-0.15, -0.1) is 0 Å². The van der Waals surface area contributed by atoms with E-state index in [4.69, 9.17) is 5.11 Å². The summed E-state index contributed by atoms with van der Waals surface area (Å²) in [5.74, 6) is -0.457. The number of benzene rings is 1. The van der Waals surface area contributed by atoms with Gasteiger partial charge in [0.2, 0.25) is 0 Å². The van der Waals surface area contributed by atoms with Crippen molar-refractivity contribution in [1.82, 2.24) is 9.88 Å². The van der Waals surface area contributed by atoms with Gasteiger partial charge in [0.15, 0.2) is 5.13 Å². The number of aromatic nitrogens is 1. The first-order valence-corrected chi connectivity index (χ1v) is 7.56. The van der Waals surface area contributed by atoms with Gasteiger partial charge in [-0.25, -0.2) is 14.2 Å². The molecule has 1 aliphatic heterocycles. The van der Waals surface area contributed by atoms with Crippen LogP contribution >= 0.6 is 11.3 Å². The molecule has 116 valence electrons. The summed E-state index contributed by atoms with van der Waals surface area (Å²) in [7, 11) is 1.53. The Labute approximate surface area is 129 Å². The quantitative estimate of drug-likeness (QED) is 0.920. The van der Waals surface area contributed by atoms with Crippen LogP contribution in [-0.4, -0.2) is 52.8 Å². The van der Waals surface area contributed by atoms with E-state index in [1.807, 2.05) is 24.3 Å². The third-order valence-corrected chi connectivity index (χ3v) is 4.79. The lowest BCUT2D eigenvalue weighted by Crippen LogP contribution is -2.46. The van der Waals surface area contributed by atoms with E-state index >= 15 is 0 Å². The molecule has 2 amide bonds. The van der Waals surface area contributed by atoms with Gasteiger partial charge >= 0.3 is 6.09 Å². The smallest absolute Gasteiger partial charge is 0.408 e. The van der Waals surface area contributed by atoms with Crippen LogP contribution in [0.25, 0.3) is 10.2 Å². The molecule has 0 aliphatic carbocycles. The van der Waals surface area contributed by atoms with Crippen LogP contribution in [0.3, 0.4) is 0 Å². The maximum atomic E-state index is 13.5. The first-order chi connectivity index (χ1) is 10.5. The average Bonchev–Trinajstić information content (AvgIpc) is 3.08. The minimum atomic E-state index is -1.31. The van der Waals surface area contributed by atoms with Gasteiger partial charge in [0.05, 0.1) is 16.8 Å². The van der Waals surface area contributed by atoms with Gasteiger partial charge in [0.25, 0.3) is 5.91 Å². The molecule has 1 aliphatic rings. The largest absolute Gasteiger partial charge is 0.465 e. The Hall–Kier alpha value is -2.22. The predicted molar refractivity (Wildman–Crippen MR) is 81.1 cm³/mol. The molecule has 22 heavy (non-hydrogen) atoms. The van der Waals surface area contributed by atoms with E-state index in [2.05, 4.69) is 4.98 Å². The molecule has 1 fully saturated rings. The Morgan fingerprint density at radius 1 is 1.45 bits per heavy atom. The first-order valence-electron chi connectivity index (χ1n) is 6.74. The van der Waals surface area contributed by atoms with Crippen molar-refractivity contribution in [1.29, 1.82) is 0 Å². The summed E-state index contributed by atoms with van der Waals surface area (Å²) in [6.45, 7) is -0.264. The number of thiazole rings is 1. The molecule has 6 nitrogen and oxygen atoms in total. The predicted octanol–water partition coefficient (Wildman–Crippen LogP) is 2.35. The van der Waals surface area contributed by atoms with E-state index in [-0.39, 0.29) is 13.0 Å². The van der Waals surface area contributed by atoms with E-state index in [1.165, 1.54) is 23.3 Å². The monoisotopic (exact) mass is 323 g/mol. The van der Waals surface area contributed by atoms with Crippen molar-refractivity contribution in [3.8, 4) is 0 Å². The number of amides is 2. The molecule has 3 rings (SSSR count). The van der Waals surface area contributed by atoms with Gasteiger partial charge in [-0.1, -0.05) is 23.5 Å². The van der Waals surface area contributed by atoms with Crippen molar-refractivity contribution in [3.05, 3.63) is 24.3 Å². The van der Waals surface area contributed by atoms with Gasteiger partial charge in [0.1, 0.15) is 12.2 Å². The summed E-state index contributed by atoms with van der Waals surface area (Å²) in [6, 6.07) is 6.47. The molecule has 2 unspecified atom stereocenters. The average molecular weight is 323 g/mol. The standard InChI is InChI=1S/C14H14FN3O3S/c1-17(13-16-9-4-2-3-5-11(9)22-13)12(19)10-6-8(15)7-18(10)14(20)21/h2-5,8,10H,6-7H2,1H3,(H,20,21). The Morgan fingerprint density at radius 3 is 2.86 bits per heavy atom. The number of anilines is 1. The number of likely N-dealkylation sites (tertiary alicyclic amines) is 1. The maximum Gasteiger partial charge on any atom is 0.408 e. The number of nitrogens with zero attached hydrogens (tertiary/aromatic N) is 3. The lowest BCUT2D eigenvalue weighted by molar-refractivity contribution is -0.122. The van der Waals surface area contributed by atoms with Crippen LogP contribution in [0.15, 0.2) is 24.3 Å². The molecule has 1 saturated heterocycles. The molecule has 1 aromatic heterocycles. The summed E-state index contributed by atoms with van der Waals surface area (Å²) in [5, 5.41) is 9.56. The van der Waals surface area contributed by atoms with Gasteiger partial charge in [-0.05, 0) is 12.1 Å². The van der Waals surface area contributed by atoms with E-state index in [1.54, 1.807) is 0 Å². The fourth-order valence-corrected chi connectivity index (χ4v) is 3.48. The SMILES string of the molecule is CN(C(=O)C1CC(F)CN1C(=O)O)c1nc2ccccc2s1. The molecular formula is C14H14FN3O3S. The molecule has 0 bridgehead atoms.